The van der Waals surface area contributed by atoms with Gasteiger partial charge in [-0.05, 0) is 38.1 Å². The Morgan fingerprint density at radius 3 is 2.50 bits per heavy atom. The Bertz CT molecular complexity index is 838. The van der Waals surface area contributed by atoms with E-state index in [9.17, 15) is 5.26 Å². The van der Waals surface area contributed by atoms with Gasteiger partial charge < -0.3 is 4.74 Å². The number of aromatic nitrogens is 4. The third-order valence-electron chi connectivity index (χ3n) is 3.34. The fraction of sp³-hybridized carbons (Fsp3) is 0.200. The van der Waals surface area contributed by atoms with Crippen molar-refractivity contribution in [3.8, 4) is 28.2 Å². The molecule has 0 spiro atoms. The maximum atomic E-state index is 9.29. The first kappa shape index (κ1) is 14.2. The SMILES string of the molecule is COc1ccc(-c2c(C#N)nnn2-c2nc(C)c(C)s2)cc1. The van der Waals surface area contributed by atoms with Crippen molar-refractivity contribution in [1.29, 1.82) is 5.26 Å². The molecule has 110 valence electrons. The minimum Gasteiger partial charge on any atom is -0.497 e. The quantitative estimate of drug-likeness (QED) is 0.743. The summed E-state index contributed by atoms with van der Waals surface area (Å²) in [7, 11) is 1.61. The smallest absolute Gasteiger partial charge is 0.212 e. The highest BCUT2D eigenvalue weighted by atomic mass is 32.1. The van der Waals surface area contributed by atoms with E-state index in [1.807, 2.05) is 38.1 Å². The highest BCUT2D eigenvalue weighted by Crippen LogP contribution is 2.29. The first-order chi connectivity index (χ1) is 10.6. The molecule has 7 heteroatoms. The van der Waals surface area contributed by atoms with Crippen LogP contribution in [0.15, 0.2) is 24.3 Å². The summed E-state index contributed by atoms with van der Waals surface area (Å²) < 4.78 is 6.78. The van der Waals surface area contributed by atoms with Crippen molar-refractivity contribution in [3.05, 3.63) is 40.5 Å². The van der Waals surface area contributed by atoms with Gasteiger partial charge in [-0.2, -0.15) is 9.94 Å². The van der Waals surface area contributed by atoms with E-state index in [0.29, 0.717) is 10.8 Å². The van der Waals surface area contributed by atoms with Gasteiger partial charge in [0.05, 0.1) is 12.8 Å². The van der Waals surface area contributed by atoms with Crippen LogP contribution in [0.4, 0.5) is 0 Å². The molecule has 0 fully saturated rings. The molecule has 3 aromatic rings. The average Bonchev–Trinajstić information content (AvgIpc) is 3.11. The minimum atomic E-state index is 0.274. The van der Waals surface area contributed by atoms with Crippen molar-refractivity contribution in [2.75, 3.05) is 7.11 Å². The monoisotopic (exact) mass is 311 g/mol. The van der Waals surface area contributed by atoms with Crippen LogP contribution in [0.3, 0.4) is 0 Å². The van der Waals surface area contributed by atoms with Crippen LogP contribution < -0.4 is 4.74 Å². The predicted molar refractivity (Wildman–Crippen MR) is 83.2 cm³/mol. The maximum Gasteiger partial charge on any atom is 0.212 e. The molecule has 0 unspecified atom stereocenters. The molecule has 2 heterocycles. The van der Waals surface area contributed by atoms with Gasteiger partial charge in [-0.3, -0.25) is 0 Å². The van der Waals surface area contributed by atoms with Crippen LogP contribution in [0.5, 0.6) is 5.75 Å². The van der Waals surface area contributed by atoms with Gasteiger partial charge in [0.2, 0.25) is 5.13 Å². The Hall–Kier alpha value is -2.72. The second-order valence-electron chi connectivity index (χ2n) is 4.68. The molecule has 0 aliphatic carbocycles. The van der Waals surface area contributed by atoms with Crippen molar-refractivity contribution in [2.45, 2.75) is 13.8 Å². The molecule has 0 saturated carbocycles. The highest BCUT2D eigenvalue weighted by molar-refractivity contribution is 7.14. The van der Waals surface area contributed by atoms with Gasteiger partial charge in [0.25, 0.3) is 0 Å². The Morgan fingerprint density at radius 2 is 1.95 bits per heavy atom. The standard InChI is InChI=1S/C15H13N5OS/c1-9-10(2)22-15(17-9)20-14(13(8-16)18-19-20)11-4-6-12(21-3)7-5-11/h4-7H,1-3H3. The fourth-order valence-electron chi connectivity index (χ4n) is 2.05. The van der Waals surface area contributed by atoms with Crippen LogP contribution in [-0.4, -0.2) is 27.1 Å². The molecular weight excluding hydrogens is 298 g/mol. The van der Waals surface area contributed by atoms with Crippen molar-refractivity contribution in [2.24, 2.45) is 0 Å². The predicted octanol–water partition coefficient (Wildman–Crippen LogP) is 2.89. The number of nitrogens with zero attached hydrogens (tertiary/aromatic N) is 5. The molecule has 0 N–H and O–H groups in total. The molecule has 2 aromatic heterocycles. The van der Waals surface area contributed by atoms with Gasteiger partial charge in [0.1, 0.15) is 17.5 Å². The summed E-state index contributed by atoms with van der Waals surface area (Å²) in [6.07, 6.45) is 0. The van der Waals surface area contributed by atoms with Crippen LogP contribution in [0.2, 0.25) is 0 Å². The number of hydrogen-bond acceptors (Lipinski definition) is 6. The third-order valence-corrected chi connectivity index (χ3v) is 4.39. The van der Waals surface area contributed by atoms with E-state index in [-0.39, 0.29) is 5.69 Å². The van der Waals surface area contributed by atoms with Crippen molar-refractivity contribution >= 4 is 11.3 Å². The van der Waals surface area contributed by atoms with Crippen LogP contribution in [-0.2, 0) is 0 Å². The summed E-state index contributed by atoms with van der Waals surface area (Å²) in [6, 6.07) is 9.52. The lowest BCUT2D eigenvalue weighted by Crippen LogP contribution is -1.99. The minimum absolute atomic E-state index is 0.274. The summed E-state index contributed by atoms with van der Waals surface area (Å²) in [5.74, 6) is 0.752. The first-order valence-corrected chi connectivity index (χ1v) is 7.40. The van der Waals surface area contributed by atoms with Gasteiger partial charge in [-0.1, -0.05) is 16.6 Å². The van der Waals surface area contributed by atoms with E-state index in [0.717, 1.165) is 21.9 Å². The second kappa shape index (κ2) is 5.58. The van der Waals surface area contributed by atoms with E-state index in [4.69, 9.17) is 4.74 Å². The van der Waals surface area contributed by atoms with Gasteiger partial charge in [0, 0.05) is 10.4 Å². The molecule has 0 amide bonds. The highest BCUT2D eigenvalue weighted by Gasteiger charge is 2.19. The largest absolute Gasteiger partial charge is 0.497 e. The fourth-order valence-corrected chi connectivity index (χ4v) is 2.91. The Morgan fingerprint density at radius 1 is 1.23 bits per heavy atom. The maximum absolute atomic E-state index is 9.29. The number of aryl methyl sites for hydroxylation is 2. The van der Waals surface area contributed by atoms with E-state index < -0.39 is 0 Å². The van der Waals surface area contributed by atoms with E-state index in [1.54, 1.807) is 11.8 Å². The number of benzene rings is 1. The lowest BCUT2D eigenvalue weighted by atomic mass is 10.1. The number of methoxy groups -OCH3 is 1. The molecule has 0 radical (unpaired) electrons. The summed E-state index contributed by atoms with van der Waals surface area (Å²) in [4.78, 5) is 5.61. The molecule has 0 atom stereocenters. The molecule has 6 nitrogen and oxygen atoms in total. The summed E-state index contributed by atoms with van der Waals surface area (Å²) >= 11 is 1.52. The zero-order valence-corrected chi connectivity index (χ0v) is 13.2. The van der Waals surface area contributed by atoms with Gasteiger partial charge in [0.15, 0.2) is 5.69 Å². The van der Waals surface area contributed by atoms with Gasteiger partial charge in [-0.25, -0.2) is 4.98 Å². The number of ether oxygens (including phenoxy) is 1. The number of rotatable bonds is 3. The van der Waals surface area contributed by atoms with Crippen LogP contribution in [0.1, 0.15) is 16.3 Å². The number of nitriles is 1. The molecular formula is C15H13N5OS. The second-order valence-corrected chi connectivity index (χ2v) is 5.86. The van der Waals surface area contributed by atoms with Gasteiger partial charge in [-0.15, -0.1) is 5.10 Å². The van der Waals surface area contributed by atoms with E-state index >= 15 is 0 Å². The zero-order chi connectivity index (χ0) is 15.7. The third kappa shape index (κ3) is 2.34. The topological polar surface area (TPSA) is 76.6 Å². The molecule has 1 aromatic carbocycles. The summed E-state index contributed by atoms with van der Waals surface area (Å²) in [6.45, 7) is 3.95. The number of hydrogen-bond donors (Lipinski definition) is 0. The van der Waals surface area contributed by atoms with Crippen molar-refractivity contribution in [3.63, 3.8) is 0 Å². The van der Waals surface area contributed by atoms with E-state index in [1.165, 1.54) is 11.3 Å². The van der Waals surface area contributed by atoms with Crippen molar-refractivity contribution in [1.82, 2.24) is 20.0 Å². The first-order valence-electron chi connectivity index (χ1n) is 6.58. The zero-order valence-electron chi connectivity index (χ0n) is 12.4. The lowest BCUT2D eigenvalue weighted by molar-refractivity contribution is 0.415. The van der Waals surface area contributed by atoms with Crippen LogP contribution >= 0.6 is 11.3 Å². The average molecular weight is 311 g/mol. The van der Waals surface area contributed by atoms with E-state index in [2.05, 4.69) is 21.4 Å². The molecule has 22 heavy (non-hydrogen) atoms. The normalized spacial score (nSPS) is 10.5. The molecule has 0 bridgehead atoms. The number of thiazole rings is 1. The Balaban J connectivity index is 2.17. The van der Waals surface area contributed by atoms with Crippen LogP contribution in [0, 0.1) is 25.2 Å². The van der Waals surface area contributed by atoms with Crippen LogP contribution in [0.25, 0.3) is 16.4 Å². The molecule has 0 saturated heterocycles. The molecule has 0 aliphatic rings. The Labute approximate surface area is 131 Å². The Kier molecular flexibility index (Phi) is 3.61. The lowest BCUT2D eigenvalue weighted by Gasteiger charge is -2.05. The summed E-state index contributed by atoms with van der Waals surface area (Å²) in [5, 5.41) is 18.0. The summed E-state index contributed by atoms with van der Waals surface area (Å²) in [5.41, 5.74) is 2.71. The molecule has 3 rings (SSSR count). The van der Waals surface area contributed by atoms with Gasteiger partial charge >= 0.3 is 0 Å². The van der Waals surface area contributed by atoms with Crippen molar-refractivity contribution < 1.29 is 4.74 Å². The molecule has 0 aliphatic heterocycles.